The van der Waals surface area contributed by atoms with Gasteiger partial charge in [-0.1, -0.05) is 36.4 Å². The van der Waals surface area contributed by atoms with Gasteiger partial charge >= 0.3 is 189 Å². The van der Waals surface area contributed by atoms with Gasteiger partial charge < -0.3 is 10.1 Å². The Morgan fingerprint density at radius 2 is 1.62 bits per heavy atom. The van der Waals surface area contributed by atoms with Crippen molar-refractivity contribution in [1.29, 1.82) is 0 Å². The number of ether oxygens (including phenoxy) is 1. The quantitative estimate of drug-likeness (QED) is 0.113. The molecular weight excluding hydrogens is 643 g/mol. The van der Waals surface area contributed by atoms with Crippen LogP contribution >= 0.6 is 7.49 Å². The first-order chi connectivity index (χ1) is 24.1. The van der Waals surface area contributed by atoms with Crippen LogP contribution in [0.4, 0.5) is 27.8 Å². The molecule has 0 saturated carbocycles. The van der Waals surface area contributed by atoms with Gasteiger partial charge in [0.25, 0.3) is 0 Å². The third-order valence-corrected chi connectivity index (χ3v) is 12.7. The van der Waals surface area contributed by atoms with Crippen LogP contribution in [0.1, 0.15) is 44.9 Å². The summed E-state index contributed by atoms with van der Waals surface area (Å²) in [5.41, 5.74) is 4.14. The first kappa shape index (κ1) is 33.3. The van der Waals surface area contributed by atoms with Gasteiger partial charge in [0, 0.05) is 18.0 Å². The number of nitrogens with one attached hydrogen (secondary N) is 3. The Hall–Kier alpha value is -5.24. The molecule has 7 rings (SSSR count). The second-order valence-corrected chi connectivity index (χ2v) is 17.9. The number of aromatic nitrogens is 3. The van der Waals surface area contributed by atoms with E-state index >= 15 is 0 Å². The number of benzene rings is 4. The van der Waals surface area contributed by atoms with Gasteiger partial charge in [0.15, 0.2) is 0 Å². The number of carbonyl (C=O) groups excluding carboxylic acids is 1. The topological polar surface area (TPSA) is 113 Å². The van der Waals surface area contributed by atoms with Crippen LogP contribution in [0.2, 0.25) is 0 Å². The van der Waals surface area contributed by atoms with E-state index in [1.807, 2.05) is 97.1 Å². The summed E-state index contributed by atoms with van der Waals surface area (Å²) in [4.78, 5) is 29.3. The molecular formula is C40H43N6O3P. The van der Waals surface area contributed by atoms with E-state index in [2.05, 4.69) is 53.8 Å². The second kappa shape index (κ2) is 13.9. The molecule has 1 aliphatic rings. The molecule has 4 aromatic carbocycles. The van der Waals surface area contributed by atoms with Crippen LogP contribution < -0.4 is 20.7 Å². The summed E-state index contributed by atoms with van der Waals surface area (Å²) in [5, 5.41) is 16.0. The molecule has 3 heterocycles. The maximum absolute atomic E-state index is 13.6. The van der Waals surface area contributed by atoms with Crippen molar-refractivity contribution in [2.75, 3.05) is 28.3 Å². The molecule has 2 amide bonds. The Balaban J connectivity index is 1.12. The molecule has 0 unspecified atom stereocenters. The van der Waals surface area contributed by atoms with Crippen molar-refractivity contribution in [3.8, 4) is 17.2 Å². The molecule has 4 N–H and O–H groups in total. The van der Waals surface area contributed by atoms with Crippen molar-refractivity contribution in [3.05, 3.63) is 127 Å². The number of nitrogens with zero attached hydrogens (tertiary/aromatic N) is 3. The van der Waals surface area contributed by atoms with Crippen molar-refractivity contribution >= 4 is 47.3 Å². The predicted molar refractivity (Wildman–Crippen MR) is 206 cm³/mol. The third-order valence-electron chi connectivity index (χ3n) is 9.08. The fourth-order valence-corrected chi connectivity index (χ4v) is 9.90. The van der Waals surface area contributed by atoms with Crippen molar-refractivity contribution in [2.45, 2.75) is 45.2 Å². The molecule has 50 heavy (non-hydrogen) atoms. The SMILES string of the molecule is CC(C)(C)c1cc(NC(=O)Nc2ccc(Oc3ccnc(Nc4ccccc4)c3)c3ccccc23)n(-c2cccc(C[PH]3(O)CCCC3)c2)n1. The number of hydrogen-bond acceptors (Lipinski definition) is 6. The van der Waals surface area contributed by atoms with Crippen molar-refractivity contribution < 1.29 is 14.4 Å². The van der Waals surface area contributed by atoms with E-state index in [-0.39, 0.29) is 11.4 Å². The molecule has 0 bridgehead atoms. The molecule has 2 aromatic heterocycles. The van der Waals surface area contributed by atoms with Crippen LogP contribution in [0, 0.1) is 0 Å². The summed E-state index contributed by atoms with van der Waals surface area (Å²) in [7, 11) is -2.25. The van der Waals surface area contributed by atoms with Gasteiger partial charge in [0.1, 0.15) is 17.3 Å². The van der Waals surface area contributed by atoms with Crippen molar-refractivity contribution in [1.82, 2.24) is 14.8 Å². The van der Waals surface area contributed by atoms with Gasteiger partial charge in [-0.25, -0.2) is 4.98 Å². The van der Waals surface area contributed by atoms with E-state index in [4.69, 9.17) is 9.84 Å². The number of para-hydroxylation sites is 1. The van der Waals surface area contributed by atoms with Gasteiger partial charge in [-0.05, 0) is 18.2 Å². The van der Waals surface area contributed by atoms with Crippen LogP contribution in [0.5, 0.6) is 11.5 Å². The van der Waals surface area contributed by atoms with E-state index < -0.39 is 7.49 Å². The molecule has 1 fully saturated rings. The summed E-state index contributed by atoms with van der Waals surface area (Å²) < 4.78 is 8.14. The van der Waals surface area contributed by atoms with Gasteiger partial charge in [0.2, 0.25) is 0 Å². The molecule has 256 valence electrons. The number of urea groups is 1. The van der Waals surface area contributed by atoms with Crippen LogP contribution in [0.3, 0.4) is 0 Å². The Kier molecular flexibility index (Phi) is 9.27. The molecule has 0 radical (unpaired) electrons. The first-order valence-corrected chi connectivity index (χ1v) is 19.7. The van der Waals surface area contributed by atoms with E-state index in [0.717, 1.165) is 64.7 Å². The third kappa shape index (κ3) is 7.65. The number of anilines is 4. The number of carbonyl (C=O) groups is 1. The molecule has 1 saturated heterocycles. The fraction of sp³-hybridized carbons (Fsp3) is 0.225. The van der Waals surface area contributed by atoms with E-state index in [0.29, 0.717) is 28.8 Å². The van der Waals surface area contributed by atoms with Crippen LogP contribution in [-0.4, -0.2) is 38.0 Å². The molecule has 6 aromatic rings. The van der Waals surface area contributed by atoms with Crippen molar-refractivity contribution in [2.24, 2.45) is 0 Å². The normalized spacial score (nSPS) is 14.6. The van der Waals surface area contributed by atoms with Gasteiger partial charge in [-0.3, -0.25) is 0 Å². The van der Waals surface area contributed by atoms with Crippen LogP contribution in [-0.2, 0) is 11.6 Å². The number of amides is 2. The predicted octanol–water partition coefficient (Wildman–Crippen LogP) is 9.85. The van der Waals surface area contributed by atoms with Crippen LogP contribution in [0.15, 0.2) is 115 Å². The summed E-state index contributed by atoms with van der Waals surface area (Å²) in [5.74, 6) is 2.51. The minimum atomic E-state index is -2.25. The zero-order chi connectivity index (χ0) is 34.7. The number of pyridine rings is 1. The number of rotatable bonds is 9. The number of fused-ring (bicyclic) bond motifs is 1. The molecule has 0 spiro atoms. The van der Waals surface area contributed by atoms with Crippen LogP contribution in [0.25, 0.3) is 16.5 Å². The molecule has 0 aliphatic carbocycles. The molecule has 1 aliphatic heterocycles. The van der Waals surface area contributed by atoms with E-state index in [1.54, 1.807) is 10.9 Å². The molecule has 10 heteroatoms. The molecule has 0 atom stereocenters. The molecule has 9 nitrogen and oxygen atoms in total. The Labute approximate surface area is 293 Å². The minimum absolute atomic E-state index is 0.235. The Morgan fingerprint density at radius 1 is 0.860 bits per heavy atom. The summed E-state index contributed by atoms with van der Waals surface area (Å²) in [6.45, 7) is 6.30. The van der Waals surface area contributed by atoms with Gasteiger partial charge in [0.05, 0.1) is 0 Å². The van der Waals surface area contributed by atoms with Gasteiger partial charge in [-0.15, -0.1) is 0 Å². The summed E-state index contributed by atoms with van der Waals surface area (Å²) >= 11 is 0. The average molecular weight is 687 g/mol. The zero-order valence-corrected chi connectivity index (χ0v) is 29.6. The first-order valence-electron chi connectivity index (χ1n) is 17.1. The summed E-state index contributed by atoms with van der Waals surface area (Å²) in [6.07, 6.45) is 6.58. The monoisotopic (exact) mass is 686 g/mol. The number of hydrogen-bond donors (Lipinski definition) is 4. The zero-order valence-electron chi connectivity index (χ0n) is 28.6. The Morgan fingerprint density at radius 3 is 2.40 bits per heavy atom. The van der Waals surface area contributed by atoms with E-state index in [1.165, 1.54) is 0 Å². The Bertz CT molecular complexity index is 2140. The standard InChI is InChI=1S/C40H43N6O3P/c1-40(2,3)36-26-38(46(45-36)30-15-11-12-28(24-30)27-50(48)22-9-10-23-50)44-39(47)43-34-18-19-35(33-17-8-7-16-32(33)34)49-31-20-21-41-37(25-31)42-29-13-5-4-6-14-29/h4-8,11-21,24-26,48,50H,9-10,22-23,27H2,1-3H3,(H,41,42)(H2,43,44,47). The van der Waals surface area contributed by atoms with Gasteiger partial charge in [-0.2, -0.15) is 0 Å². The second-order valence-electron chi connectivity index (χ2n) is 14.1. The fourth-order valence-electron chi connectivity index (χ4n) is 6.50. The average Bonchev–Trinajstić information content (AvgIpc) is 3.73. The van der Waals surface area contributed by atoms with Crippen molar-refractivity contribution in [3.63, 3.8) is 0 Å². The summed E-state index contributed by atoms with van der Waals surface area (Å²) in [6, 6.07) is 34.7. The van der Waals surface area contributed by atoms with E-state index in [9.17, 15) is 9.69 Å². The maximum atomic E-state index is 13.6.